The van der Waals surface area contributed by atoms with Gasteiger partial charge in [0.25, 0.3) is 0 Å². The predicted molar refractivity (Wildman–Crippen MR) is 69.6 cm³/mol. The normalized spacial score (nSPS) is 24.4. The Morgan fingerprint density at radius 2 is 1.06 bits per heavy atom. The van der Waals surface area contributed by atoms with Crippen molar-refractivity contribution in [3.8, 4) is 0 Å². The van der Waals surface area contributed by atoms with Crippen LogP contribution >= 0.6 is 0 Å². The van der Waals surface area contributed by atoms with E-state index in [0.29, 0.717) is 5.78 Å². The first-order valence-corrected chi connectivity index (χ1v) is 7.06. The first-order chi connectivity index (χ1) is 7.89. The van der Waals surface area contributed by atoms with Gasteiger partial charge < -0.3 is 0 Å². The topological polar surface area (TPSA) is 17.1 Å². The zero-order chi connectivity index (χ0) is 11.5. The summed E-state index contributed by atoms with van der Waals surface area (Å²) in [6.45, 7) is 0. The van der Waals surface area contributed by atoms with Crippen molar-refractivity contribution in [3.63, 3.8) is 0 Å². The molecule has 0 heterocycles. The molecular formula is C15H26O. The summed E-state index contributed by atoms with van der Waals surface area (Å²) in [7, 11) is 0. The molecule has 0 aromatic heterocycles. The molecule has 0 atom stereocenters. The molecule has 0 N–H and O–H groups in total. The number of Topliss-reactive ketones (excluding diaryl/α,β-unsaturated/α-hetero) is 1. The van der Waals surface area contributed by atoms with E-state index in [-0.39, 0.29) is 0 Å². The molecule has 0 bridgehead atoms. The molecule has 1 aliphatic carbocycles. The summed E-state index contributed by atoms with van der Waals surface area (Å²) >= 11 is 0. The fourth-order valence-electron chi connectivity index (χ4n) is 2.24. The summed E-state index contributed by atoms with van der Waals surface area (Å²) in [4.78, 5) is 11.5. The quantitative estimate of drug-likeness (QED) is 0.538. The Morgan fingerprint density at radius 3 is 1.69 bits per heavy atom. The van der Waals surface area contributed by atoms with Gasteiger partial charge in [-0.25, -0.2) is 0 Å². The van der Waals surface area contributed by atoms with Gasteiger partial charge >= 0.3 is 0 Å². The molecule has 16 heavy (non-hydrogen) atoms. The highest BCUT2D eigenvalue weighted by Crippen LogP contribution is 2.12. The van der Waals surface area contributed by atoms with Gasteiger partial charge in [0.05, 0.1) is 0 Å². The largest absolute Gasteiger partial charge is 0.300 e. The number of rotatable bonds is 0. The van der Waals surface area contributed by atoms with Crippen molar-refractivity contribution >= 4 is 5.78 Å². The van der Waals surface area contributed by atoms with Crippen LogP contribution in [0.15, 0.2) is 12.2 Å². The molecule has 0 spiro atoms. The standard InChI is InChI=1S/C15H26O/c16-15-13-11-9-7-5-3-1-2-4-6-8-10-12-14-15/h1,3H,2,4-14H2/b3-1+. The van der Waals surface area contributed by atoms with Crippen molar-refractivity contribution in [2.24, 2.45) is 0 Å². The maximum absolute atomic E-state index is 11.5. The summed E-state index contributed by atoms with van der Waals surface area (Å²) < 4.78 is 0. The molecule has 0 saturated carbocycles. The second kappa shape index (κ2) is 9.62. The highest BCUT2D eigenvalue weighted by atomic mass is 16.1. The smallest absolute Gasteiger partial charge is 0.132 e. The lowest BCUT2D eigenvalue weighted by Crippen LogP contribution is -1.97. The fraction of sp³-hybridized carbons (Fsp3) is 0.800. The lowest BCUT2D eigenvalue weighted by Gasteiger charge is -2.01. The van der Waals surface area contributed by atoms with E-state index in [1.54, 1.807) is 0 Å². The van der Waals surface area contributed by atoms with Crippen LogP contribution in [0.1, 0.15) is 77.0 Å². The first-order valence-electron chi connectivity index (χ1n) is 7.06. The summed E-state index contributed by atoms with van der Waals surface area (Å²) in [6.07, 6.45) is 18.7. The van der Waals surface area contributed by atoms with Crippen molar-refractivity contribution < 1.29 is 4.79 Å². The first kappa shape index (κ1) is 13.5. The molecule has 1 nitrogen and oxygen atoms in total. The van der Waals surface area contributed by atoms with Gasteiger partial charge in [0.1, 0.15) is 5.78 Å². The molecule has 0 saturated heterocycles. The minimum atomic E-state index is 0.491. The minimum absolute atomic E-state index is 0.491. The van der Waals surface area contributed by atoms with E-state index in [0.717, 1.165) is 25.7 Å². The van der Waals surface area contributed by atoms with E-state index >= 15 is 0 Å². The molecule has 1 rings (SSSR count). The van der Waals surface area contributed by atoms with Gasteiger partial charge in [0, 0.05) is 12.8 Å². The molecule has 0 radical (unpaired) electrons. The van der Waals surface area contributed by atoms with E-state index < -0.39 is 0 Å². The molecule has 0 aromatic carbocycles. The number of carbonyl (C=O) groups is 1. The summed E-state index contributed by atoms with van der Waals surface area (Å²) in [5.74, 6) is 0.491. The molecule has 0 unspecified atom stereocenters. The molecule has 0 fully saturated rings. The lowest BCUT2D eigenvalue weighted by atomic mass is 10.0. The average Bonchev–Trinajstić information content (AvgIpc) is 2.29. The van der Waals surface area contributed by atoms with Crippen LogP contribution in [0.5, 0.6) is 0 Å². The van der Waals surface area contributed by atoms with Crippen molar-refractivity contribution in [3.05, 3.63) is 12.2 Å². The Balaban J connectivity index is 2.19. The van der Waals surface area contributed by atoms with E-state index in [9.17, 15) is 4.79 Å². The van der Waals surface area contributed by atoms with Gasteiger partial charge in [-0.15, -0.1) is 0 Å². The van der Waals surface area contributed by atoms with Crippen LogP contribution in [-0.2, 0) is 4.79 Å². The van der Waals surface area contributed by atoms with Crippen molar-refractivity contribution in [1.29, 1.82) is 0 Å². The highest BCUT2D eigenvalue weighted by Gasteiger charge is 2.01. The monoisotopic (exact) mass is 222 g/mol. The Hall–Kier alpha value is -0.590. The van der Waals surface area contributed by atoms with Gasteiger partial charge in [-0.2, -0.15) is 0 Å². The highest BCUT2D eigenvalue weighted by molar-refractivity contribution is 5.78. The van der Waals surface area contributed by atoms with Gasteiger partial charge in [0.15, 0.2) is 0 Å². The molecule has 0 amide bonds. The van der Waals surface area contributed by atoms with Crippen molar-refractivity contribution in [2.75, 3.05) is 0 Å². The summed E-state index contributed by atoms with van der Waals surface area (Å²) in [6, 6.07) is 0. The maximum atomic E-state index is 11.5. The number of carbonyl (C=O) groups excluding carboxylic acids is 1. The van der Waals surface area contributed by atoms with Crippen molar-refractivity contribution in [1.82, 2.24) is 0 Å². The van der Waals surface area contributed by atoms with Crippen LogP contribution in [0.4, 0.5) is 0 Å². The van der Waals surface area contributed by atoms with Crippen LogP contribution in [-0.4, -0.2) is 5.78 Å². The molecule has 1 aliphatic rings. The third kappa shape index (κ3) is 7.67. The van der Waals surface area contributed by atoms with E-state index in [1.165, 1.54) is 51.4 Å². The summed E-state index contributed by atoms with van der Waals surface area (Å²) in [5, 5.41) is 0. The number of hydrogen-bond donors (Lipinski definition) is 0. The molecule has 1 heteroatoms. The van der Waals surface area contributed by atoms with Crippen LogP contribution < -0.4 is 0 Å². The summed E-state index contributed by atoms with van der Waals surface area (Å²) in [5.41, 5.74) is 0. The zero-order valence-corrected chi connectivity index (χ0v) is 10.5. The maximum Gasteiger partial charge on any atom is 0.132 e. The fourth-order valence-corrected chi connectivity index (χ4v) is 2.24. The van der Waals surface area contributed by atoms with Gasteiger partial charge in [-0.05, 0) is 38.5 Å². The van der Waals surface area contributed by atoms with Crippen LogP contribution in [0.25, 0.3) is 0 Å². The minimum Gasteiger partial charge on any atom is -0.300 e. The molecule has 92 valence electrons. The Morgan fingerprint density at radius 1 is 0.625 bits per heavy atom. The van der Waals surface area contributed by atoms with Gasteiger partial charge in [-0.3, -0.25) is 4.79 Å². The Kier molecular flexibility index (Phi) is 8.10. The van der Waals surface area contributed by atoms with Gasteiger partial charge in [0.2, 0.25) is 0 Å². The van der Waals surface area contributed by atoms with Crippen molar-refractivity contribution in [2.45, 2.75) is 77.0 Å². The number of ketones is 1. The number of allylic oxidation sites excluding steroid dienone is 2. The predicted octanol–water partition coefficient (Wildman–Crippen LogP) is 4.81. The molecule has 0 aromatic rings. The number of hydrogen-bond acceptors (Lipinski definition) is 1. The SMILES string of the molecule is O=C1CCCCC/C=C/CCCCCCC1. The second-order valence-electron chi connectivity index (χ2n) is 4.92. The zero-order valence-electron chi connectivity index (χ0n) is 10.5. The van der Waals surface area contributed by atoms with Gasteiger partial charge in [-0.1, -0.05) is 37.8 Å². The van der Waals surface area contributed by atoms with E-state index in [2.05, 4.69) is 12.2 Å². The molecule has 0 aliphatic heterocycles. The average molecular weight is 222 g/mol. The van der Waals surface area contributed by atoms with Crippen LogP contribution in [0.3, 0.4) is 0 Å². The van der Waals surface area contributed by atoms with E-state index in [4.69, 9.17) is 0 Å². The molecular weight excluding hydrogens is 196 g/mol. The van der Waals surface area contributed by atoms with Crippen LogP contribution in [0, 0.1) is 0 Å². The van der Waals surface area contributed by atoms with E-state index in [1.807, 2.05) is 0 Å². The third-order valence-electron chi connectivity index (χ3n) is 3.32. The lowest BCUT2D eigenvalue weighted by molar-refractivity contribution is -0.119. The second-order valence-corrected chi connectivity index (χ2v) is 4.92. The van der Waals surface area contributed by atoms with Crippen LogP contribution in [0.2, 0.25) is 0 Å². The Labute approximate surface area is 100 Å². The Bertz CT molecular complexity index is 205. The third-order valence-corrected chi connectivity index (χ3v) is 3.32.